The van der Waals surface area contributed by atoms with Gasteiger partial charge in [-0.3, -0.25) is 24.4 Å². The number of primary amides is 1. The van der Waals surface area contributed by atoms with Gasteiger partial charge in [-0.05, 0) is 41.4 Å². The van der Waals surface area contributed by atoms with Crippen molar-refractivity contribution in [2.24, 2.45) is 5.73 Å². The standard InChI is InChI=1S/C18H15N5O3S/c19-17(25)16(24)14(9-11-4-7-20-8-5-11)22-18(26)15-12(10-27-23-15)13-3-1-2-6-21-13/h1-8,10,14H,9H2,(H2,19,25)(H,22,26). The number of aromatic nitrogens is 3. The highest BCUT2D eigenvalue weighted by Gasteiger charge is 2.27. The molecule has 0 fully saturated rings. The molecule has 3 N–H and O–H groups in total. The van der Waals surface area contributed by atoms with E-state index in [-0.39, 0.29) is 12.1 Å². The second-order valence-corrected chi connectivity index (χ2v) is 6.24. The Morgan fingerprint density at radius 1 is 1.11 bits per heavy atom. The molecule has 0 aliphatic carbocycles. The van der Waals surface area contributed by atoms with Crippen LogP contribution in [0.4, 0.5) is 0 Å². The molecule has 0 aliphatic heterocycles. The van der Waals surface area contributed by atoms with Crippen LogP contribution in [0.15, 0.2) is 54.3 Å². The molecule has 0 spiro atoms. The van der Waals surface area contributed by atoms with Crippen LogP contribution in [0, 0.1) is 0 Å². The number of nitrogens with two attached hydrogens (primary N) is 1. The molecule has 0 saturated heterocycles. The highest BCUT2D eigenvalue weighted by Crippen LogP contribution is 2.23. The van der Waals surface area contributed by atoms with Gasteiger partial charge in [0.15, 0.2) is 5.69 Å². The largest absolute Gasteiger partial charge is 0.363 e. The van der Waals surface area contributed by atoms with E-state index in [0.29, 0.717) is 11.3 Å². The van der Waals surface area contributed by atoms with Crippen molar-refractivity contribution in [3.05, 3.63) is 65.6 Å². The Balaban J connectivity index is 1.84. The first kappa shape index (κ1) is 18.3. The molecular weight excluding hydrogens is 366 g/mol. The molecule has 0 aromatic carbocycles. The Morgan fingerprint density at radius 2 is 1.89 bits per heavy atom. The molecule has 2 amide bonds. The van der Waals surface area contributed by atoms with Gasteiger partial charge in [-0.2, -0.15) is 4.37 Å². The van der Waals surface area contributed by atoms with Crippen molar-refractivity contribution in [2.45, 2.75) is 12.5 Å². The summed E-state index contributed by atoms with van der Waals surface area (Å²) in [5.41, 5.74) is 7.13. The number of rotatable bonds is 7. The average molecular weight is 381 g/mol. The molecule has 0 saturated carbocycles. The minimum atomic E-state index is -1.11. The number of Topliss-reactive ketones (excluding diaryl/α,β-unsaturated/α-hetero) is 1. The topological polar surface area (TPSA) is 128 Å². The molecule has 1 atom stereocenters. The summed E-state index contributed by atoms with van der Waals surface area (Å²) in [5.74, 6) is -2.57. The van der Waals surface area contributed by atoms with Gasteiger partial charge < -0.3 is 11.1 Å². The van der Waals surface area contributed by atoms with Crippen molar-refractivity contribution < 1.29 is 14.4 Å². The van der Waals surface area contributed by atoms with Gasteiger partial charge in [0.25, 0.3) is 11.8 Å². The lowest BCUT2D eigenvalue weighted by molar-refractivity contribution is -0.137. The maximum atomic E-state index is 12.7. The fourth-order valence-corrected chi connectivity index (χ4v) is 3.14. The zero-order valence-corrected chi connectivity index (χ0v) is 14.8. The highest BCUT2D eigenvalue weighted by atomic mass is 32.1. The number of hydrogen-bond acceptors (Lipinski definition) is 7. The number of pyridine rings is 2. The van der Waals surface area contributed by atoms with Crippen LogP contribution in [-0.4, -0.2) is 38.0 Å². The molecule has 27 heavy (non-hydrogen) atoms. The molecule has 3 aromatic rings. The van der Waals surface area contributed by atoms with Gasteiger partial charge in [-0.15, -0.1) is 0 Å². The molecule has 8 nitrogen and oxygen atoms in total. The third-order valence-corrected chi connectivity index (χ3v) is 4.41. The number of hydrogen-bond donors (Lipinski definition) is 2. The lowest BCUT2D eigenvalue weighted by atomic mass is 10.0. The van der Waals surface area contributed by atoms with Crippen molar-refractivity contribution in [2.75, 3.05) is 0 Å². The van der Waals surface area contributed by atoms with Crippen molar-refractivity contribution in [3.8, 4) is 11.3 Å². The zero-order valence-electron chi connectivity index (χ0n) is 14.0. The summed E-state index contributed by atoms with van der Waals surface area (Å²) in [4.78, 5) is 44.4. The van der Waals surface area contributed by atoms with Gasteiger partial charge in [0, 0.05) is 36.0 Å². The summed E-state index contributed by atoms with van der Waals surface area (Å²) < 4.78 is 4.11. The van der Waals surface area contributed by atoms with Crippen molar-refractivity contribution >= 4 is 29.1 Å². The predicted octanol–water partition coefficient (Wildman–Crippen LogP) is 0.996. The number of nitrogens with one attached hydrogen (secondary N) is 1. The summed E-state index contributed by atoms with van der Waals surface area (Å²) >= 11 is 1.10. The summed E-state index contributed by atoms with van der Waals surface area (Å²) in [6.07, 6.45) is 4.84. The van der Waals surface area contributed by atoms with E-state index < -0.39 is 23.6 Å². The first-order valence-electron chi connectivity index (χ1n) is 7.95. The van der Waals surface area contributed by atoms with Gasteiger partial charge >= 0.3 is 0 Å². The van der Waals surface area contributed by atoms with E-state index in [1.165, 1.54) is 0 Å². The number of amides is 2. The predicted molar refractivity (Wildman–Crippen MR) is 98.7 cm³/mol. The van der Waals surface area contributed by atoms with E-state index >= 15 is 0 Å². The summed E-state index contributed by atoms with van der Waals surface area (Å²) in [7, 11) is 0. The van der Waals surface area contributed by atoms with Gasteiger partial charge in [-0.1, -0.05) is 6.07 Å². The van der Waals surface area contributed by atoms with Crippen molar-refractivity contribution in [3.63, 3.8) is 0 Å². The summed E-state index contributed by atoms with van der Waals surface area (Å²) in [6.45, 7) is 0. The Morgan fingerprint density at radius 3 is 2.56 bits per heavy atom. The van der Waals surface area contributed by atoms with Crippen LogP contribution in [0.2, 0.25) is 0 Å². The quantitative estimate of drug-likeness (QED) is 0.588. The molecule has 3 heterocycles. The second kappa shape index (κ2) is 8.28. The Kier molecular flexibility index (Phi) is 5.62. The third kappa shape index (κ3) is 4.39. The van der Waals surface area contributed by atoms with E-state index in [4.69, 9.17) is 5.73 Å². The third-order valence-electron chi connectivity index (χ3n) is 3.78. The molecule has 3 aromatic heterocycles. The number of ketones is 1. The van der Waals surface area contributed by atoms with Gasteiger partial charge in [-0.25, -0.2) is 0 Å². The average Bonchev–Trinajstić information content (AvgIpc) is 3.18. The molecular formula is C18H15N5O3S. The lowest BCUT2D eigenvalue weighted by Crippen LogP contribution is -2.47. The molecule has 1 unspecified atom stereocenters. The van der Waals surface area contributed by atoms with Crippen LogP contribution in [0.3, 0.4) is 0 Å². The van der Waals surface area contributed by atoms with E-state index in [1.54, 1.807) is 54.3 Å². The fraction of sp³-hybridized carbons (Fsp3) is 0.111. The van der Waals surface area contributed by atoms with E-state index in [9.17, 15) is 14.4 Å². The smallest absolute Gasteiger partial charge is 0.287 e. The molecule has 9 heteroatoms. The molecule has 0 bridgehead atoms. The number of carbonyl (C=O) groups excluding carboxylic acids is 3. The Hall–Kier alpha value is -3.46. The maximum absolute atomic E-state index is 12.7. The fourth-order valence-electron chi connectivity index (χ4n) is 2.47. The van der Waals surface area contributed by atoms with Crippen LogP contribution in [-0.2, 0) is 16.0 Å². The van der Waals surface area contributed by atoms with Crippen LogP contribution in [0.25, 0.3) is 11.3 Å². The van der Waals surface area contributed by atoms with Crippen LogP contribution < -0.4 is 11.1 Å². The van der Waals surface area contributed by atoms with Gasteiger partial charge in [0.1, 0.15) is 6.04 Å². The number of carbonyl (C=O) groups is 3. The van der Waals surface area contributed by atoms with Crippen molar-refractivity contribution in [1.82, 2.24) is 19.7 Å². The second-order valence-electron chi connectivity index (χ2n) is 5.61. The summed E-state index contributed by atoms with van der Waals surface area (Å²) in [5, 5.41) is 4.27. The Labute approximate surface area is 158 Å². The van der Waals surface area contributed by atoms with Crippen LogP contribution in [0.5, 0.6) is 0 Å². The molecule has 0 radical (unpaired) electrons. The van der Waals surface area contributed by atoms with Gasteiger partial charge in [0.05, 0.1) is 5.69 Å². The SMILES string of the molecule is NC(=O)C(=O)C(Cc1ccncc1)NC(=O)c1nscc1-c1ccccn1. The first-order chi connectivity index (χ1) is 13.1. The van der Waals surface area contributed by atoms with E-state index in [2.05, 4.69) is 19.7 Å². The minimum absolute atomic E-state index is 0.110. The maximum Gasteiger partial charge on any atom is 0.287 e. The molecule has 136 valence electrons. The van der Waals surface area contributed by atoms with Crippen LogP contribution in [0.1, 0.15) is 16.1 Å². The highest BCUT2D eigenvalue weighted by molar-refractivity contribution is 7.04. The monoisotopic (exact) mass is 381 g/mol. The first-order valence-corrected chi connectivity index (χ1v) is 8.79. The van der Waals surface area contributed by atoms with Crippen molar-refractivity contribution in [1.29, 1.82) is 0 Å². The van der Waals surface area contributed by atoms with E-state index in [1.807, 2.05) is 0 Å². The number of nitrogens with zero attached hydrogens (tertiary/aromatic N) is 3. The van der Waals surface area contributed by atoms with Crippen LogP contribution >= 0.6 is 11.5 Å². The lowest BCUT2D eigenvalue weighted by Gasteiger charge is -2.16. The minimum Gasteiger partial charge on any atom is -0.363 e. The Bertz CT molecular complexity index is 959. The summed E-state index contributed by atoms with van der Waals surface area (Å²) in [6, 6.07) is 7.59. The molecule has 0 aliphatic rings. The zero-order chi connectivity index (χ0) is 19.2. The van der Waals surface area contributed by atoms with E-state index in [0.717, 1.165) is 17.1 Å². The van der Waals surface area contributed by atoms with Gasteiger partial charge in [0.2, 0.25) is 5.78 Å². The normalized spacial score (nSPS) is 11.6. The molecule has 3 rings (SSSR count).